The topological polar surface area (TPSA) is 95.9 Å². The molecule has 1 aliphatic heterocycles. The lowest BCUT2D eigenvalue weighted by atomic mass is 9.86. The van der Waals surface area contributed by atoms with Crippen molar-refractivity contribution in [3.63, 3.8) is 0 Å². The number of nitrogens with zero attached hydrogens (tertiary/aromatic N) is 1. The molecular weight excluding hydrogens is 252 g/mol. The van der Waals surface area contributed by atoms with Crippen LogP contribution in [0.25, 0.3) is 0 Å². The van der Waals surface area contributed by atoms with Crippen LogP contribution < -0.4 is 5.32 Å². The molecule has 2 aliphatic rings. The average molecular weight is 270 g/mol. The van der Waals surface area contributed by atoms with Gasteiger partial charge in [-0.2, -0.15) is 0 Å². The minimum absolute atomic E-state index is 0.0947. The third-order valence-corrected chi connectivity index (χ3v) is 3.68. The van der Waals surface area contributed by atoms with Crippen LogP contribution in [0.3, 0.4) is 0 Å². The number of aliphatic carboxylic acids is 1. The Bertz CT molecular complexity index is 376. The Morgan fingerprint density at radius 2 is 2.00 bits per heavy atom. The smallest absolute Gasteiger partial charge is 0.416 e. The van der Waals surface area contributed by atoms with E-state index in [4.69, 9.17) is 9.84 Å². The van der Waals surface area contributed by atoms with Gasteiger partial charge in [-0.15, -0.1) is 0 Å². The lowest BCUT2D eigenvalue weighted by Crippen LogP contribution is -2.43. The van der Waals surface area contributed by atoms with E-state index < -0.39 is 12.1 Å². The summed E-state index contributed by atoms with van der Waals surface area (Å²) in [6.07, 6.45) is 2.17. The molecule has 0 atom stereocenters. The van der Waals surface area contributed by atoms with E-state index >= 15 is 0 Å². The number of amides is 2. The van der Waals surface area contributed by atoms with E-state index in [0.717, 1.165) is 17.7 Å². The second-order valence-corrected chi connectivity index (χ2v) is 4.93. The molecule has 0 aromatic carbocycles. The van der Waals surface area contributed by atoms with Gasteiger partial charge in [0.15, 0.2) is 0 Å². The fraction of sp³-hybridized carbons (Fsp3) is 0.750. The lowest BCUT2D eigenvalue weighted by Gasteiger charge is -2.27. The summed E-state index contributed by atoms with van der Waals surface area (Å²) in [6, 6.07) is 0.151. The average Bonchev–Trinajstić information content (AvgIpc) is 2.83. The molecule has 1 aliphatic carbocycles. The van der Waals surface area contributed by atoms with E-state index in [1.165, 1.54) is 0 Å². The highest BCUT2D eigenvalue weighted by Gasteiger charge is 2.30. The first-order chi connectivity index (χ1) is 9.08. The number of carbonyl (C=O) groups excluding carboxylic acids is 2. The van der Waals surface area contributed by atoms with Gasteiger partial charge in [-0.3, -0.25) is 9.59 Å². The number of nitrogens with one attached hydrogen (secondary N) is 1. The molecule has 0 aromatic rings. The van der Waals surface area contributed by atoms with Crippen molar-refractivity contribution in [2.75, 3.05) is 19.7 Å². The number of carboxylic acids is 1. The van der Waals surface area contributed by atoms with Crippen molar-refractivity contribution in [3.8, 4) is 0 Å². The van der Waals surface area contributed by atoms with Gasteiger partial charge < -0.3 is 15.2 Å². The largest absolute Gasteiger partial charge is 0.481 e. The Hall–Kier alpha value is -1.63. The summed E-state index contributed by atoms with van der Waals surface area (Å²) in [5, 5.41) is 12.0. The maximum absolute atomic E-state index is 11.7. The maximum atomic E-state index is 11.7. The van der Waals surface area contributed by atoms with Gasteiger partial charge in [0.05, 0.1) is 19.0 Å². The molecule has 1 saturated carbocycles. The second kappa shape index (κ2) is 6.01. The highest BCUT2D eigenvalue weighted by Crippen LogP contribution is 2.24. The molecule has 7 nitrogen and oxygen atoms in total. The van der Waals surface area contributed by atoms with Gasteiger partial charge in [-0.1, -0.05) is 0 Å². The Balaban J connectivity index is 1.70. The van der Waals surface area contributed by atoms with E-state index in [2.05, 4.69) is 5.32 Å². The van der Waals surface area contributed by atoms with Crippen LogP contribution in [0.2, 0.25) is 0 Å². The zero-order valence-electron chi connectivity index (χ0n) is 10.6. The standard InChI is InChI=1S/C12H18N2O5/c15-10(14-5-6-19-12(14)18)7-13-9-3-1-8(2-4-9)11(16)17/h8-9,13H,1-7H2,(H,16,17). The highest BCUT2D eigenvalue weighted by molar-refractivity contribution is 5.94. The number of hydrogen-bond acceptors (Lipinski definition) is 5. The first-order valence-electron chi connectivity index (χ1n) is 6.51. The van der Waals surface area contributed by atoms with E-state index in [1.807, 2.05) is 0 Å². The van der Waals surface area contributed by atoms with E-state index in [0.29, 0.717) is 19.4 Å². The quantitative estimate of drug-likeness (QED) is 0.757. The van der Waals surface area contributed by atoms with Gasteiger partial charge in [0, 0.05) is 6.04 Å². The fourth-order valence-electron chi connectivity index (χ4n) is 2.49. The zero-order chi connectivity index (χ0) is 13.8. The van der Waals surface area contributed by atoms with Gasteiger partial charge in [0.25, 0.3) is 0 Å². The molecule has 0 spiro atoms. The number of carboxylic acid groups (broad SMARTS) is 1. The van der Waals surface area contributed by atoms with Crippen molar-refractivity contribution in [2.24, 2.45) is 5.92 Å². The second-order valence-electron chi connectivity index (χ2n) is 4.93. The summed E-state index contributed by atoms with van der Waals surface area (Å²) in [5.41, 5.74) is 0. The van der Waals surface area contributed by atoms with Gasteiger partial charge in [-0.05, 0) is 25.7 Å². The van der Waals surface area contributed by atoms with Crippen molar-refractivity contribution in [2.45, 2.75) is 31.7 Å². The molecule has 0 unspecified atom stereocenters. The molecule has 7 heteroatoms. The molecule has 1 saturated heterocycles. The van der Waals surface area contributed by atoms with Crippen molar-refractivity contribution in [3.05, 3.63) is 0 Å². The van der Waals surface area contributed by atoms with Crippen LogP contribution in [0.4, 0.5) is 4.79 Å². The Kier molecular flexibility index (Phi) is 4.36. The number of imide groups is 1. The summed E-state index contributed by atoms with van der Waals surface area (Å²) in [6.45, 7) is 0.664. The molecule has 0 bridgehead atoms. The first kappa shape index (κ1) is 13.8. The van der Waals surface area contributed by atoms with Gasteiger partial charge in [0.1, 0.15) is 6.61 Å². The molecule has 0 aromatic heterocycles. The maximum Gasteiger partial charge on any atom is 0.416 e. The normalized spacial score (nSPS) is 27.2. The van der Waals surface area contributed by atoms with Crippen molar-refractivity contribution >= 4 is 18.0 Å². The first-order valence-corrected chi connectivity index (χ1v) is 6.51. The molecule has 1 heterocycles. The predicted octanol–water partition coefficient (Wildman–Crippen LogP) is 0.198. The van der Waals surface area contributed by atoms with Crippen LogP contribution in [0.15, 0.2) is 0 Å². The van der Waals surface area contributed by atoms with Crippen molar-refractivity contribution in [1.82, 2.24) is 10.2 Å². The minimum atomic E-state index is -0.741. The predicted molar refractivity (Wildman–Crippen MR) is 64.4 cm³/mol. The van der Waals surface area contributed by atoms with Crippen LogP contribution in [-0.4, -0.2) is 53.7 Å². The molecule has 2 amide bonds. The summed E-state index contributed by atoms with van der Waals surface area (Å²) < 4.78 is 4.69. The summed E-state index contributed by atoms with van der Waals surface area (Å²) in [5.74, 6) is -1.29. The SMILES string of the molecule is O=C(O)C1CCC(NCC(=O)N2CCOC2=O)CC1. The third kappa shape index (κ3) is 3.44. The molecule has 2 rings (SSSR count). The number of cyclic esters (lactones) is 1. The Labute approximate surface area is 110 Å². The van der Waals surface area contributed by atoms with E-state index in [9.17, 15) is 14.4 Å². The fourth-order valence-corrected chi connectivity index (χ4v) is 2.49. The highest BCUT2D eigenvalue weighted by atomic mass is 16.6. The number of carbonyl (C=O) groups is 3. The summed E-state index contributed by atoms with van der Waals surface area (Å²) >= 11 is 0. The van der Waals surface area contributed by atoms with Crippen LogP contribution in [0, 0.1) is 5.92 Å². The van der Waals surface area contributed by atoms with Crippen LogP contribution >= 0.6 is 0 Å². The monoisotopic (exact) mass is 270 g/mol. The number of hydrogen-bond donors (Lipinski definition) is 2. The van der Waals surface area contributed by atoms with Crippen molar-refractivity contribution < 1.29 is 24.2 Å². The lowest BCUT2D eigenvalue weighted by molar-refractivity contribution is -0.143. The van der Waals surface area contributed by atoms with Gasteiger partial charge in [-0.25, -0.2) is 9.69 Å². The zero-order valence-corrected chi connectivity index (χ0v) is 10.6. The third-order valence-electron chi connectivity index (χ3n) is 3.68. The molecule has 19 heavy (non-hydrogen) atoms. The molecule has 106 valence electrons. The van der Waals surface area contributed by atoms with Crippen LogP contribution in [-0.2, 0) is 14.3 Å². The molecule has 2 fully saturated rings. The molecule has 0 radical (unpaired) electrons. The minimum Gasteiger partial charge on any atom is -0.481 e. The van der Waals surface area contributed by atoms with Gasteiger partial charge in [0.2, 0.25) is 5.91 Å². The summed E-state index contributed by atoms with van der Waals surface area (Å²) in [7, 11) is 0. The van der Waals surface area contributed by atoms with Crippen molar-refractivity contribution in [1.29, 1.82) is 0 Å². The summed E-state index contributed by atoms with van der Waals surface area (Å²) in [4.78, 5) is 34.8. The van der Waals surface area contributed by atoms with Gasteiger partial charge >= 0.3 is 12.1 Å². The van der Waals surface area contributed by atoms with E-state index in [-0.39, 0.29) is 31.0 Å². The van der Waals surface area contributed by atoms with E-state index in [1.54, 1.807) is 0 Å². The Morgan fingerprint density at radius 3 is 2.53 bits per heavy atom. The number of rotatable bonds is 4. The van der Waals surface area contributed by atoms with Crippen LogP contribution in [0.1, 0.15) is 25.7 Å². The molecule has 2 N–H and O–H groups in total. The Morgan fingerprint density at radius 1 is 1.32 bits per heavy atom. The van der Waals surface area contributed by atoms with Crippen LogP contribution in [0.5, 0.6) is 0 Å². The number of ether oxygens (including phenoxy) is 1. The molecular formula is C12H18N2O5.